The maximum absolute atomic E-state index is 13.0. The third-order valence-corrected chi connectivity index (χ3v) is 2.04. The highest BCUT2D eigenvalue weighted by atomic mass is 127. The largest absolute Gasteiger partial charge is 0.461 e. The quantitative estimate of drug-likeness (QED) is 0.665. The van der Waals surface area contributed by atoms with Gasteiger partial charge in [-0.2, -0.15) is 0 Å². The molecular formula is C7H7FINO2. The summed E-state index contributed by atoms with van der Waals surface area (Å²) in [5.74, 6) is -1.20. The predicted molar refractivity (Wildman–Crippen MR) is 49.4 cm³/mol. The van der Waals surface area contributed by atoms with Crippen LogP contribution >= 0.6 is 22.6 Å². The molecule has 0 spiro atoms. The molecule has 3 nitrogen and oxygen atoms in total. The van der Waals surface area contributed by atoms with Gasteiger partial charge in [0.2, 0.25) is 0 Å². The molecule has 0 aliphatic rings. The van der Waals surface area contributed by atoms with Crippen molar-refractivity contribution in [2.24, 2.45) is 0 Å². The summed E-state index contributed by atoms with van der Waals surface area (Å²) >= 11 is 1.79. The average molecular weight is 283 g/mol. The summed E-state index contributed by atoms with van der Waals surface area (Å²) in [4.78, 5) is 13.5. The van der Waals surface area contributed by atoms with Gasteiger partial charge < -0.3 is 9.72 Å². The van der Waals surface area contributed by atoms with Crippen LogP contribution in [0.5, 0.6) is 0 Å². The molecule has 0 fully saturated rings. The van der Waals surface area contributed by atoms with E-state index in [1.165, 1.54) is 6.20 Å². The Balaban J connectivity index is 2.88. The van der Waals surface area contributed by atoms with Crippen LogP contribution in [0.4, 0.5) is 4.39 Å². The van der Waals surface area contributed by atoms with Crippen LogP contribution in [0.3, 0.4) is 0 Å². The normalized spacial score (nSPS) is 9.92. The maximum atomic E-state index is 13.0. The zero-order valence-electron chi connectivity index (χ0n) is 6.36. The van der Waals surface area contributed by atoms with Crippen LogP contribution in [0.2, 0.25) is 0 Å². The molecule has 1 N–H and O–H groups in total. The molecule has 0 bridgehead atoms. The fraction of sp³-hybridized carbons (Fsp3) is 0.286. The minimum atomic E-state index is -0.655. The van der Waals surface area contributed by atoms with E-state index >= 15 is 0 Å². The van der Waals surface area contributed by atoms with Crippen molar-refractivity contribution < 1.29 is 13.9 Å². The third-order valence-electron chi connectivity index (χ3n) is 1.25. The summed E-state index contributed by atoms with van der Waals surface area (Å²) in [5.41, 5.74) is -0.110. The fourth-order valence-corrected chi connectivity index (χ4v) is 1.16. The number of ether oxygens (including phenoxy) is 1. The minimum absolute atomic E-state index is 0.110. The molecule has 0 unspecified atom stereocenters. The lowest BCUT2D eigenvalue weighted by Gasteiger charge is -1.97. The second kappa shape index (κ2) is 3.88. The monoisotopic (exact) mass is 283 g/mol. The van der Waals surface area contributed by atoms with E-state index in [0.717, 1.165) is 0 Å². The van der Waals surface area contributed by atoms with E-state index in [9.17, 15) is 9.18 Å². The van der Waals surface area contributed by atoms with Gasteiger partial charge in [-0.3, -0.25) is 0 Å². The van der Waals surface area contributed by atoms with E-state index in [0.29, 0.717) is 3.57 Å². The molecule has 1 aromatic heterocycles. The maximum Gasteiger partial charge on any atom is 0.357 e. The van der Waals surface area contributed by atoms with Crippen molar-refractivity contribution >= 4 is 28.6 Å². The summed E-state index contributed by atoms with van der Waals surface area (Å²) < 4.78 is 18.0. The molecule has 0 atom stereocenters. The van der Waals surface area contributed by atoms with Crippen LogP contribution in [0.25, 0.3) is 0 Å². The Morgan fingerprint density at radius 1 is 1.83 bits per heavy atom. The van der Waals surface area contributed by atoms with Crippen molar-refractivity contribution in [3.63, 3.8) is 0 Å². The summed E-state index contributed by atoms with van der Waals surface area (Å²) in [6.07, 6.45) is 1.42. The number of H-pyrrole nitrogens is 1. The molecule has 1 rings (SSSR count). The molecule has 0 saturated carbocycles. The molecule has 12 heavy (non-hydrogen) atoms. The van der Waals surface area contributed by atoms with E-state index < -0.39 is 11.8 Å². The topological polar surface area (TPSA) is 42.1 Å². The van der Waals surface area contributed by atoms with Crippen molar-refractivity contribution in [2.45, 2.75) is 6.92 Å². The second-order valence-electron chi connectivity index (χ2n) is 2.05. The van der Waals surface area contributed by atoms with Crippen molar-refractivity contribution in [1.29, 1.82) is 0 Å². The third kappa shape index (κ3) is 1.77. The Bertz CT molecular complexity index is 298. The van der Waals surface area contributed by atoms with Gasteiger partial charge in [-0.05, 0) is 29.5 Å². The lowest BCUT2D eigenvalue weighted by Crippen LogP contribution is -2.06. The Labute approximate surface area is 82.4 Å². The Morgan fingerprint density at radius 3 is 2.92 bits per heavy atom. The van der Waals surface area contributed by atoms with E-state index in [1.807, 2.05) is 0 Å². The second-order valence-corrected chi connectivity index (χ2v) is 3.21. The average Bonchev–Trinajstić information content (AvgIpc) is 2.34. The molecule has 0 aliphatic heterocycles. The lowest BCUT2D eigenvalue weighted by molar-refractivity contribution is 0.0515. The first-order valence-electron chi connectivity index (χ1n) is 3.36. The Hall–Kier alpha value is -0.590. The number of carbonyl (C=O) groups excluding carboxylic acids is 1. The SMILES string of the molecule is CCOC(=O)c1[nH]cc(I)c1F. The predicted octanol–water partition coefficient (Wildman–Crippen LogP) is 1.94. The molecule has 0 radical (unpaired) electrons. The molecule has 1 heterocycles. The number of hydrogen-bond acceptors (Lipinski definition) is 2. The van der Waals surface area contributed by atoms with Crippen molar-refractivity contribution in [2.75, 3.05) is 6.61 Å². The zero-order valence-corrected chi connectivity index (χ0v) is 8.51. The number of carbonyl (C=O) groups is 1. The van der Waals surface area contributed by atoms with Crippen LogP contribution in [0, 0.1) is 9.39 Å². The number of aromatic amines is 1. The van der Waals surface area contributed by atoms with Crippen molar-refractivity contribution in [3.8, 4) is 0 Å². The van der Waals surface area contributed by atoms with Gasteiger partial charge in [0, 0.05) is 6.20 Å². The summed E-state index contributed by atoms with van der Waals surface area (Å²) in [6, 6.07) is 0. The van der Waals surface area contributed by atoms with E-state index in [-0.39, 0.29) is 12.3 Å². The van der Waals surface area contributed by atoms with Crippen molar-refractivity contribution in [1.82, 2.24) is 4.98 Å². The summed E-state index contributed by atoms with van der Waals surface area (Å²) in [5, 5.41) is 0. The fourth-order valence-electron chi connectivity index (χ4n) is 0.733. The smallest absolute Gasteiger partial charge is 0.357 e. The number of rotatable bonds is 2. The molecule has 1 aromatic rings. The molecular weight excluding hydrogens is 276 g/mol. The zero-order chi connectivity index (χ0) is 9.14. The molecule has 0 saturated heterocycles. The van der Waals surface area contributed by atoms with E-state index in [4.69, 9.17) is 0 Å². The first-order valence-corrected chi connectivity index (χ1v) is 4.44. The van der Waals surface area contributed by atoms with Gasteiger partial charge in [0.05, 0.1) is 10.2 Å². The lowest BCUT2D eigenvalue weighted by atomic mass is 10.4. The molecule has 66 valence electrons. The van der Waals surface area contributed by atoms with Gasteiger partial charge >= 0.3 is 5.97 Å². The van der Waals surface area contributed by atoms with Gasteiger partial charge in [-0.25, -0.2) is 9.18 Å². The van der Waals surface area contributed by atoms with Crippen LogP contribution in [-0.4, -0.2) is 17.6 Å². The Morgan fingerprint density at radius 2 is 2.50 bits per heavy atom. The highest BCUT2D eigenvalue weighted by Gasteiger charge is 2.16. The molecule has 0 aromatic carbocycles. The van der Waals surface area contributed by atoms with Gasteiger partial charge in [-0.15, -0.1) is 0 Å². The standard InChI is InChI=1S/C7H7FINO2/c1-2-12-7(11)6-5(8)4(9)3-10-6/h3,10H,2H2,1H3. The van der Waals surface area contributed by atoms with Gasteiger partial charge in [0.1, 0.15) is 0 Å². The minimum Gasteiger partial charge on any atom is -0.461 e. The van der Waals surface area contributed by atoms with Crippen molar-refractivity contribution in [3.05, 3.63) is 21.3 Å². The van der Waals surface area contributed by atoms with Crippen LogP contribution in [0.15, 0.2) is 6.20 Å². The number of nitrogens with one attached hydrogen (secondary N) is 1. The van der Waals surface area contributed by atoms with Gasteiger partial charge in [0.25, 0.3) is 0 Å². The number of halogens is 2. The first kappa shape index (κ1) is 9.50. The van der Waals surface area contributed by atoms with Crippen LogP contribution in [0.1, 0.15) is 17.4 Å². The Kier molecular flexibility index (Phi) is 3.07. The first-order chi connectivity index (χ1) is 5.66. The van der Waals surface area contributed by atoms with Gasteiger partial charge in [-0.1, -0.05) is 0 Å². The molecule has 5 heteroatoms. The number of aromatic nitrogens is 1. The highest BCUT2D eigenvalue weighted by Crippen LogP contribution is 2.14. The van der Waals surface area contributed by atoms with E-state index in [2.05, 4.69) is 9.72 Å². The van der Waals surface area contributed by atoms with Crippen LogP contribution in [-0.2, 0) is 4.74 Å². The number of hydrogen-bond donors (Lipinski definition) is 1. The van der Waals surface area contributed by atoms with Gasteiger partial charge in [0.15, 0.2) is 11.5 Å². The van der Waals surface area contributed by atoms with E-state index in [1.54, 1.807) is 29.5 Å². The molecule has 0 aliphatic carbocycles. The van der Waals surface area contributed by atoms with Crippen LogP contribution < -0.4 is 0 Å². The number of esters is 1. The highest BCUT2D eigenvalue weighted by molar-refractivity contribution is 14.1. The molecule has 0 amide bonds. The summed E-state index contributed by atoms with van der Waals surface area (Å²) in [6.45, 7) is 1.91. The summed E-state index contributed by atoms with van der Waals surface area (Å²) in [7, 11) is 0.